The van der Waals surface area contributed by atoms with Crippen LogP contribution in [0.5, 0.6) is 0 Å². The normalized spacial score (nSPS) is 10.8. The number of carbonyl (C=O) groups excluding carboxylic acids is 1. The van der Waals surface area contributed by atoms with Crippen molar-refractivity contribution in [1.29, 1.82) is 0 Å². The van der Waals surface area contributed by atoms with Crippen molar-refractivity contribution >= 4 is 40.6 Å². The highest BCUT2D eigenvalue weighted by Gasteiger charge is 2.13. The van der Waals surface area contributed by atoms with Crippen LogP contribution in [0.2, 0.25) is 5.02 Å². The molecule has 6 nitrogen and oxygen atoms in total. The van der Waals surface area contributed by atoms with Crippen molar-refractivity contribution in [2.45, 2.75) is 19.0 Å². The summed E-state index contributed by atoms with van der Waals surface area (Å²) < 4.78 is 1.91. The molecule has 0 bridgehead atoms. The molecule has 0 unspecified atom stereocenters. The molecule has 0 spiro atoms. The first kappa shape index (κ1) is 21.2. The first-order chi connectivity index (χ1) is 14.0. The molecule has 1 N–H and O–H groups in total. The van der Waals surface area contributed by atoms with E-state index in [2.05, 4.69) is 58.5 Å². The van der Waals surface area contributed by atoms with Crippen LogP contribution in [-0.4, -0.2) is 39.5 Å². The van der Waals surface area contributed by atoms with Gasteiger partial charge in [0, 0.05) is 42.1 Å². The number of anilines is 2. The molecule has 0 fully saturated rings. The minimum Gasteiger partial charge on any atom is -0.372 e. The molecule has 3 aromatic rings. The Morgan fingerprint density at radius 1 is 1.14 bits per heavy atom. The Hall–Kier alpha value is -2.51. The second-order valence-electron chi connectivity index (χ2n) is 6.43. The van der Waals surface area contributed by atoms with E-state index >= 15 is 0 Å². The van der Waals surface area contributed by atoms with Crippen LogP contribution in [0.15, 0.2) is 53.7 Å². The Bertz CT molecular complexity index is 969. The van der Waals surface area contributed by atoms with Crippen LogP contribution in [0, 0.1) is 0 Å². The lowest BCUT2D eigenvalue weighted by atomic mass is 10.2. The summed E-state index contributed by atoms with van der Waals surface area (Å²) >= 11 is 7.29. The maximum Gasteiger partial charge on any atom is 0.234 e. The Labute approximate surface area is 180 Å². The van der Waals surface area contributed by atoms with Crippen molar-refractivity contribution in [2.75, 3.05) is 29.1 Å². The molecule has 2 aromatic carbocycles. The highest BCUT2D eigenvalue weighted by Crippen LogP contribution is 2.25. The highest BCUT2D eigenvalue weighted by molar-refractivity contribution is 7.99. The molecule has 1 aromatic heterocycles. The van der Waals surface area contributed by atoms with Gasteiger partial charge in [-0.3, -0.25) is 4.79 Å². The minimum absolute atomic E-state index is 0.120. The van der Waals surface area contributed by atoms with Crippen LogP contribution in [0.3, 0.4) is 0 Å². The fraction of sp³-hybridized carbons (Fsp3) is 0.286. The van der Waals surface area contributed by atoms with Gasteiger partial charge in [-0.25, -0.2) is 0 Å². The summed E-state index contributed by atoms with van der Waals surface area (Å²) in [7, 11) is 1.91. The molecule has 1 amide bonds. The molecular weight excluding hydrogens is 406 g/mol. The maximum atomic E-state index is 12.2. The summed E-state index contributed by atoms with van der Waals surface area (Å²) in [6, 6.07) is 15.4. The largest absolute Gasteiger partial charge is 0.372 e. The van der Waals surface area contributed by atoms with Gasteiger partial charge in [-0.2, -0.15) is 0 Å². The number of aromatic nitrogens is 3. The quantitative estimate of drug-likeness (QED) is 0.525. The Morgan fingerprint density at radius 2 is 1.86 bits per heavy atom. The van der Waals surface area contributed by atoms with Gasteiger partial charge in [0.1, 0.15) is 0 Å². The molecule has 0 aliphatic heterocycles. The van der Waals surface area contributed by atoms with E-state index in [0.717, 1.165) is 24.5 Å². The SMILES string of the molecule is CCN(CC)c1ccc(-c2nnc(SCC(=O)Nc3cccc(Cl)c3)n2C)cc1. The van der Waals surface area contributed by atoms with E-state index in [-0.39, 0.29) is 11.7 Å². The molecule has 0 atom stereocenters. The van der Waals surface area contributed by atoms with Gasteiger partial charge in [0.2, 0.25) is 5.91 Å². The monoisotopic (exact) mass is 429 g/mol. The average molecular weight is 430 g/mol. The number of hydrogen-bond donors (Lipinski definition) is 1. The number of thioether (sulfide) groups is 1. The van der Waals surface area contributed by atoms with Gasteiger partial charge in [0.25, 0.3) is 0 Å². The third-order valence-corrected chi connectivity index (χ3v) is 5.79. The smallest absolute Gasteiger partial charge is 0.234 e. The fourth-order valence-electron chi connectivity index (χ4n) is 3.00. The third kappa shape index (κ3) is 5.31. The first-order valence-corrected chi connectivity index (χ1v) is 10.8. The van der Waals surface area contributed by atoms with Gasteiger partial charge in [0.05, 0.1) is 5.75 Å². The first-order valence-electron chi connectivity index (χ1n) is 9.44. The summed E-state index contributed by atoms with van der Waals surface area (Å²) in [6.45, 7) is 6.23. The Kier molecular flexibility index (Phi) is 7.17. The molecule has 0 aliphatic rings. The van der Waals surface area contributed by atoms with Crippen molar-refractivity contribution in [3.05, 3.63) is 53.6 Å². The number of carbonyl (C=O) groups is 1. The topological polar surface area (TPSA) is 63.1 Å². The Morgan fingerprint density at radius 3 is 2.52 bits per heavy atom. The van der Waals surface area contributed by atoms with Crippen LogP contribution in [-0.2, 0) is 11.8 Å². The highest BCUT2D eigenvalue weighted by atomic mass is 35.5. The average Bonchev–Trinajstić information content (AvgIpc) is 3.08. The maximum absolute atomic E-state index is 12.2. The lowest BCUT2D eigenvalue weighted by Crippen LogP contribution is -2.21. The van der Waals surface area contributed by atoms with Crippen molar-refractivity contribution in [1.82, 2.24) is 14.8 Å². The standard InChI is InChI=1S/C21H24ClN5OS/c1-4-27(5-2)18-11-9-15(10-12-18)20-24-25-21(26(20)3)29-14-19(28)23-17-8-6-7-16(22)13-17/h6-13H,4-5,14H2,1-3H3,(H,23,28). The van der Waals surface area contributed by atoms with E-state index in [4.69, 9.17) is 11.6 Å². The van der Waals surface area contributed by atoms with E-state index in [0.29, 0.717) is 15.9 Å². The van der Waals surface area contributed by atoms with Gasteiger partial charge < -0.3 is 14.8 Å². The summed E-state index contributed by atoms with van der Waals surface area (Å²) in [4.78, 5) is 14.5. The lowest BCUT2D eigenvalue weighted by molar-refractivity contribution is -0.113. The molecule has 3 rings (SSSR count). The third-order valence-electron chi connectivity index (χ3n) is 4.53. The number of hydrogen-bond acceptors (Lipinski definition) is 5. The van der Waals surface area contributed by atoms with E-state index < -0.39 is 0 Å². The summed E-state index contributed by atoms with van der Waals surface area (Å²) in [6.07, 6.45) is 0. The van der Waals surface area contributed by atoms with E-state index in [1.54, 1.807) is 24.3 Å². The number of nitrogens with zero attached hydrogens (tertiary/aromatic N) is 4. The summed E-state index contributed by atoms with van der Waals surface area (Å²) in [5, 5.41) is 12.6. The summed E-state index contributed by atoms with van der Waals surface area (Å²) in [5.41, 5.74) is 2.86. The molecule has 0 radical (unpaired) electrons. The van der Waals surface area contributed by atoms with Crippen molar-refractivity contribution < 1.29 is 4.79 Å². The van der Waals surface area contributed by atoms with Crippen molar-refractivity contribution in [2.24, 2.45) is 7.05 Å². The molecule has 8 heteroatoms. The minimum atomic E-state index is -0.120. The second kappa shape index (κ2) is 9.80. The van der Waals surface area contributed by atoms with Crippen LogP contribution in [0.4, 0.5) is 11.4 Å². The number of benzene rings is 2. The fourth-order valence-corrected chi connectivity index (χ4v) is 3.90. The number of amides is 1. The zero-order valence-electron chi connectivity index (χ0n) is 16.7. The van der Waals surface area contributed by atoms with Crippen LogP contribution >= 0.6 is 23.4 Å². The predicted molar refractivity (Wildman–Crippen MR) is 121 cm³/mol. The number of nitrogens with one attached hydrogen (secondary N) is 1. The number of rotatable bonds is 8. The molecule has 0 saturated carbocycles. The van der Waals surface area contributed by atoms with Crippen molar-refractivity contribution in [3.8, 4) is 11.4 Å². The molecule has 29 heavy (non-hydrogen) atoms. The van der Waals surface area contributed by atoms with E-state index in [1.807, 2.05) is 11.6 Å². The van der Waals surface area contributed by atoms with Gasteiger partial charge in [-0.05, 0) is 56.3 Å². The molecular formula is C21H24ClN5OS. The van der Waals surface area contributed by atoms with Crippen molar-refractivity contribution in [3.63, 3.8) is 0 Å². The second-order valence-corrected chi connectivity index (χ2v) is 7.81. The van der Waals surface area contributed by atoms with E-state index in [1.165, 1.54) is 17.4 Å². The van der Waals surface area contributed by atoms with Crippen LogP contribution in [0.25, 0.3) is 11.4 Å². The van der Waals surface area contributed by atoms with Crippen LogP contribution < -0.4 is 10.2 Å². The molecule has 152 valence electrons. The summed E-state index contributed by atoms with van der Waals surface area (Å²) in [5.74, 6) is 0.888. The van der Waals surface area contributed by atoms with Crippen LogP contribution in [0.1, 0.15) is 13.8 Å². The van der Waals surface area contributed by atoms with E-state index in [9.17, 15) is 4.79 Å². The lowest BCUT2D eigenvalue weighted by Gasteiger charge is -2.21. The molecule has 0 aliphatic carbocycles. The van der Waals surface area contributed by atoms with Gasteiger partial charge >= 0.3 is 0 Å². The zero-order chi connectivity index (χ0) is 20.8. The Balaban J connectivity index is 1.64. The molecule has 0 saturated heterocycles. The van der Waals surface area contributed by atoms with Gasteiger partial charge in [-0.15, -0.1) is 10.2 Å². The van der Waals surface area contributed by atoms with Gasteiger partial charge in [-0.1, -0.05) is 29.4 Å². The zero-order valence-corrected chi connectivity index (χ0v) is 18.3. The molecule has 1 heterocycles. The number of halogens is 1. The predicted octanol–water partition coefficient (Wildman–Crippen LogP) is 4.71. The van der Waals surface area contributed by atoms with Gasteiger partial charge in [0.15, 0.2) is 11.0 Å².